The van der Waals surface area contributed by atoms with E-state index in [1.807, 2.05) is 42.6 Å². The predicted octanol–water partition coefficient (Wildman–Crippen LogP) is 3.22. The molecule has 0 unspecified atom stereocenters. The number of nitrogens with one attached hydrogen (secondary N) is 2. The van der Waals surface area contributed by atoms with E-state index in [4.69, 9.17) is 0 Å². The van der Waals surface area contributed by atoms with Gasteiger partial charge in [0, 0.05) is 36.7 Å². The molecular formula is C20H20N4O. The van der Waals surface area contributed by atoms with Gasteiger partial charge in [0.15, 0.2) is 0 Å². The number of aromatic amines is 1. The Labute approximate surface area is 146 Å². The molecule has 0 bridgehead atoms. The van der Waals surface area contributed by atoms with Crippen LogP contribution >= 0.6 is 0 Å². The number of fused-ring (bicyclic) bond motifs is 1. The second-order valence-corrected chi connectivity index (χ2v) is 6.30. The Kier molecular flexibility index (Phi) is 4.31. The molecule has 5 nitrogen and oxygen atoms in total. The third kappa shape index (κ3) is 3.61. The van der Waals surface area contributed by atoms with Crippen LogP contribution in [-0.2, 0) is 19.5 Å². The van der Waals surface area contributed by atoms with E-state index >= 15 is 0 Å². The first kappa shape index (κ1) is 15.6. The van der Waals surface area contributed by atoms with Crippen molar-refractivity contribution in [3.63, 3.8) is 0 Å². The van der Waals surface area contributed by atoms with Crippen LogP contribution in [0, 0.1) is 0 Å². The van der Waals surface area contributed by atoms with Crippen LogP contribution in [0.5, 0.6) is 0 Å². The van der Waals surface area contributed by atoms with Crippen molar-refractivity contribution in [1.29, 1.82) is 0 Å². The zero-order valence-electron chi connectivity index (χ0n) is 13.9. The van der Waals surface area contributed by atoms with Gasteiger partial charge in [-0.2, -0.15) is 0 Å². The normalized spacial score (nSPS) is 14.1. The Morgan fingerprint density at radius 2 is 2.04 bits per heavy atom. The monoisotopic (exact) mass is 332 g/mol. The molecule has 0 atom stereocenters. The lowest BCUT2D eigenvalue weighted by atomic mass is 9.99. The summed E-state index contributed by atoms with van der Waals surface area (Å²) in [6.07, 6.45) is 4.62. The van der Waals surface area contributed by atoms with Gasteiger partial charge in [0.2, 0.25) is 0 Å². The number of hydrogen-bond acceptors (Lipinski definition) is 3. The minimum absolute atomic E-state index is 0.0733. The van der Waals surface area contributed by atoms with E-state index in [1.54, 1.807) is 6.20 Å². The molecule has 4 rings (SSSR count). The van der Waals surface area contributed by atoms with E-state index in [0.29, 0.717) is 5.56 Å². The number of benzene rings is 2. The van der Waals surface area contributed by atoms with Crippen molar-refractivity contribution in [3.8, 4) is 0 Å². The summed E-state index contributed by atoms with van der Waals surface area (Å²) in [5.74, 6) is 0.922. The van der Waals surface area contributed by atoms with Crippen LogP contribution in [0.4, 0.5) is 5.69 Å². The van der Waals surface area contributed by atoms with Gasteiger partial charge in [-0.3, -0.25) is 9.69 Å². The molecule has 1 aliphatic heterocycles. The molecule has 1 amide bonds. The quantitative estimate of drug-likeness (QED) is 0.771. The van der Waals surface area contributed by atoms with Crippen LogP contribution in [0.2, 0.25) is 0 Å². The third-order valence-corrected chi connectivity index (χ3v) is 4.52. The van der Waals surface area contributed by atoms with Gasteiger partial charge in [-0.05, 0) is 41.8 Å². The summed E-state index contributed by atoms with van der Waals surface area (Å²) in [4.78, 5) is 22.1. The molecule has 0 spiro atoms. The fraction of sp³-hybridized carbons (Fsp3) is 0.200. The van der Waals surface area contributed by atoms with E-state index in [-0.39, 0.29) is 5.91 Å². The van der Waals surface area contributed by atoms with Gasteiger partial charge in [0.05, 0.1) is 6.54 Å². The molecular weight excluding hydrogens is 312 g/mol. The van der Waals surface area contributed by atoms with Crippen molar-refractivity contribution >= 4 is 11.6 Å². The van der Waals surface area contributed by atoms with Gasteiger partial charge in [0.1, 0.15) is 5.82 Å². The number of nitrogens with zero attached hydrogens (tertiary/aromatic N) is 2. The molecule has 2 N–H and O–H groups in total. The van der Waals surface area contributed by atoms with Crippen LogP contribution in [0.15, 0.2) is 60.9 Å². The van der Waals surface area contributed by atoms with E-state index in [0.717, 1.165) is 37.6 Å². The minimum Gasteiger partial charge on any atom is -0.348 e. The van der Waals surface area contributed by atoms with Crippen molar-refractivity contribution in [2.45, 2.75) is 19.5 Å². The highest BCUT2D eigenvalue weighted by molar-refractivity contribution is 6.04. The molecule has 126 valence electrons. The molecule has 0 aliphatic carbocycles. The standard InChI is InChI=1S/C20H20N4O/c25-20(15-4-2-1-3-5-15)23-18-7-6-17-13-24(11-8-16(17)12-18)14-19-21-9-10-22-19/h1-7,9-10,12H,8,11,13-14H2,(H,21,22)(H,23,25). The Hall–Kier alpha value is -2.92. The molecule has 5 heteroatoms. The molecule has 1 aliphatic rings. The van der Waals surface area contributed by atoms with E-state index in [9.17, 15) is 4.79 Å². The van der Waals surface area contributed by atoms with Crippen molar-refractivity contribution in [1.82, 2.24) is 14.9 Å². The maximum Gasteiger partial charge on any atom is 0.255 e. The summed E-state index contributed by atoms with van der Waals surface area (Å²) < 4.78 is 0. The molecule has 0 fully saturated rings. The first-order valence-electron chi connectivity index (χ1n) is 8.47. The van der Waals surface area contributed by atoms with Crippen molar-refractivity contribution in [3.05, 3.63) is 83.4 Å². The second kappa shape index (κ2) is 6.91. The highest BCUT2D eigenvalue weighted by Gasteiger charge is 2.18. The summed E-state index contributed by atoms with van der Waals surface area (Å²) in [6.45, 7) is 2.73. The molecule has 3 aromatic rings. The Morgan fingerprint density at radius 1 is 1.16 bits per heavy atom. The highest BCUT2D eigenvalue weighted by atomic mass is 16.1. The molecule has 0 saturated carbocycles. The predicted molar refractivity (Wildman–Crippen MR) is 97.2 cm³/mol. The molecule has 1 aromatic heterocycles. The lowest BCUT2D eigenvalue weighted by molar-refractivity contribution is 0.102. The summed E-state index contributed by atoms with van der Waals surface area (Å²) in [5, 5.41) is 2.99. The van der Waals surface area contributed by atoms with E-state index in [1.165, 1.54) is 11.1 Å². The number of rotatable bonds is 4. The van der Waals surface area contributed by atoms with E-state index < -0.39 is 0 Å². The molecule has 25 heavy (non-hydrogen) atoms. The van der Waals surface area contributed by atoms with Crippen LogP contribution in [0.3, 0.4) is 0 Å². The number of hydrogen-bond donors (Lipinski definition) is 2. The lowest BCUT2D eigenvalue weighted by Crippen LogP contribution is -2.30. The van der Waals surface area contributed by atoms with Crippen LogP contribution in [-0.4, -0.2) is 27.3 Å². The SMILES string of the molecule is O=C(Nc1ccc2c(c1)CCN(Cc1ncc[nH]1)C2)c1ccccc1. The minimum atomic E-state index is -0.0733. The molecule has 0 saturated heterocycles. The summed E-state index contributed by atoms with van der Waals surface area (Å²) in [7, 11) is 0. The van der Waals surface area contributed by atoms with E-state index in [2.05, 4.69) is 32.3 Å². The number of amides is 1. The van der Waals surface area contributed by atoms with Gasteiger partial charge in [0.25, 0.3) is 5.91 Å². The number of carbonyl (C=O) groups is 1. The second-order valence-electron chi connectivity index (χ2n) is 6.30. The number of imidazole rings is 1. The Morgan fingerprint density at radius 3 is 2.84 bits per heavy atom. The van der Waals surface area contributed by atoms with Gasteiger partial charge in [-0.15, -0.1) is 0 Å². The number of H-pyrrole nitrogens is 1. The summed E-state index contributed by atoms with van der Waals surface area (Å²) in [6, 6.07) is 15.5. The topological polar surface area (TPSA) is 61.0 Å². The first-order valence-corrected chi connectivity index (χ1v) is 8.47. The largest absolute Gasteiger partial charge is 0.348 e. The fourth-order valence-electron chi connectivity index (χ4n) is 3.21. The maximum absolute atomic E-state index is 12.3. The fourth-order valence-corrected chi connectivity index (χ4v) is 3.21. The molecule has 2 heterocycles. The average molecular weight is 332 g/mol. The van der Waals surface area contributed by atoms with Crippen LogP contribution in [0.25, 0.3) is 0 Å². The van der Waals surface area contributed by atoms with Gasteiger partial charge < -0.3 is 10.3 Å². The van der Waals surface area contributed by atoms with Crippen molar-refractivity contribution in [2.75, 3.05) is 11.9 Å². The lowest BCUT2D eigenvalue weighted by Gasteiger charge is -2.28. The number of carbonyl (C=O) groups excluding carboxylic acids is 1. The van der Waals surface area contributed by atoms with Gasteiger partial charge in [-0.25, -0.2) is 4.98 Å². The third-order valence-electron chi connectivity index (χ3n) is 4.52. The molecule has 0 radical (unpaired) electrons. The van der Waals surface area contributed by atoms with Crippen LogP contribution < -0.4 is 5.32 Å². The number of aromatic nitrogens is 2. The van der Waals surface area contributed by atoms with Crippen LogP contribution in [0.1, 0.15) is 27.3 Å². The summed E-state index contributed by atoms with van der Waals surface area (Å²) in [5.41, 5.74) is 4.15. The van der Waals surface area contributed by atoms with Gasteiger partial charge >= 0.3 is 0 Å². The Balaban J connectivity index is 1.44. The van der Waals surface area contributed by atoms with Gasteiger partial charge in [-0.1, -0.05) is 24.3 Å². The first-order chi connectivity index (χ1) is 12.3. The zero-order chi connectivity index (χ0) is 17.1. The number of anilines is 1. The average Bonchev–Trinajstić information content (AvgIpc) is 3.15. The smallest absolute Gasteiger partial charge is 0.255 e. The van der Waals surface area contributed by atoms with Crippen molar-refractivity contribution in [2.24, 2.45) is 0 Å². The molecule has 2 aromatic carbocycles. The zero-order valence-corrected chi connectivity index (χ0v) is 13.9. The Bertz CT molecular complexity index is 859. The maximum atomic E-state index is 12.3. The summed E-state index contributed by atoms with van der Waals surface area (Å²) >= 11 is 0. The highest BCUT2D eigenvalue weighted by Crippen LogP contribution is 2.23. The van der Waals surface area contributed by atoms with Crippen molar-refractivity contribution < 1.29 is 4.79 Å².